The van der Waals surface area contributed by atoms with Crippen molar-refractivity contribution < 1.29 is 9.53 Å². The summed E-state index contributed by atoms with van der Waals surface area (Å²) in [6, 6.07) is 5.89. The third-order valence-electron chi connectivity index (χ3n) is 2.34. The van der Waals surface area contributed by atoms with Crippen LogP contribution in [0.25, 0.3) is 0 Å². The molecule has 0 amide bonds. The summed E-state index contributed by atoms with van der Waals surface area (Å²) in [6.45, 7) is 5.57. The quantitative estimate of drug-likeness (QED) is 0.868. The van der Waals surface area contributed by atoms with Gasteiger partial charge in [-0.05, 0) is 38.5 Å². The van der Waals surface area contributed by atoms with E-state index in [1.54, 1.807) is 13.8 Å². The minimum absolute atomic E-state index is 0.285. The molecule has 0 atom stereocenters. The number of nitrogens with one attached hydrogen (secondary N) is 1. The Labute approximate surface area is 104 Å². The topological polar surface area (TPSA) is 38.3 Å². The number of halogens is 1. The van der Waals surface area contributed by atoms with Crippen molar-refractivity contribution in [2.75, 3.05) is 12.4 Å². The molecule has 1 aromatic rings. The Balaban J connectivity index is 2.95. The third-order valence-corrected chi connectivity index (χ3v) is 2.84. The predicted molar refractivity (Wildman–Crippen MR) is 68.6 cm³/mol. The number of ether oxygens (including phenoxy) is 1. The number of esters is 1. The van der Waals surface area contributed by atoms with Crippen molar-refractivity contribution in [2.45, 2.75) is 26.3 Å². The van der Waals surface area contributed by atoms with Crippen molar-refractivity contribution in [3.05, 3.63) is 28.2 Å². The fraction of sp³-hybridized carbons (Fsp3) is 0.417. The summed E-state index contributed by atoms with van der Waals surface area (Å²) in [5.41, 5.74) is 1.27. The molecule has 0 radical (unpaired) electrons. The molecule has 88 valence electrons. The van der Waals surface area contributed by atoms with Crippen LogP contribution >= 0.6 is 15.9 Å². The molecule has 0 heterocycles. The van der Waals surface area contributed by atoms with Gasteiger partial charge in [0.1, 0.15) is 5.54 Å². The lowest BCUT2D eigenvalue weighted by Crippen LogP contribution is -2.41. The number of methoxy groups -OCH3 is 1. The highest BCUT2D eigenvalue weighted by molar-refractivity contribution is 9.10. The molecule has 1 N–H and O–H groups in total. The first-order valence-corrected chi connectivity index (χ1v) is 5.79. The summed E-state index contributed by atoms with van der Waals surface area (Å²) < 4.78 is 5.72. The molecule has 0 saturated heterocycles. The molecule has 0 bridgehead atoms. The lowest BCUT2D eigenvalue weighted by Gasteiger charge is -2.25. The number of hydrogen-bond donors (Lipinski definition) is 1. The summed E-state index contributed by atoms with van der Waals surface area (Å²) in [5, 5.41) is 3.17. The fourth-order valence-electron chi connectivity index (χ4n) is 1.37. The van der Waals surface area contributed by atoms with E-state index >= 15 is 0 Å². The second-order valence-corrected chi connectivity index (χ2v) is 5.12. The zero-order valence-corrected chi connectivity index (χ0v) is 11.5. The standard InChI is InChI=1S/C12H16BrNO2/c1-8-5-6-9(13)7-10(8)14-12(2,3)11(15)16-4/h5-7,14H,1-4H3. The van der Waals surface area contributed by atoms with Crippen LogP contribution in [0.4, 0.5) is 5.69 Å². The number of anilines is 1. The van der Waals surface area contributed by atoms with Gasteiger partial charge in [0.05, 0.1) is 7.11 Å². The summed E-state index contributed by atoms with van der Waals surface area (Å²) >= 11 is 3.40. The van der Waals surface area contributed by atoms with Gasteiger partial charge < -0.3 is 10.1 Å². The molecule has 0 aliphatic carbocycles. The van der Waals surface area contributed by atoms with E-state index in [2.05, 4.69) is 21.2 Å². The van der Waals surface area contributed by atoms with Crippen LogP contribution in [0, 0.1) is 6.92 Å². The zero-order valence-electron chi connectivity index (χ0n) is 9.93. The largest absolute Gasteiger partial charge is 0.467 e. The molecule has 0 spiro atoms. The van der Waals surface area contributed by atoms with E-state index in [0.29, 0.717) is 0 Å². The van der Waals surface area contributed by atoms with Crippen LogP contribution in [-0.2, 0) is 9.53 Å². The van der Waals surface area contributed by atoms with Gasteiger partial charge in [0.25, 0.3) is 0 Å². The highest BCUT2D eigenvalue weighted by Crippen LogP contribution is 2.24. The van der Waals surface area contributed by atoms with Crippen molar-refractivity contribution >= 4 is 27.6 Å². The van der Waals surface area contributed by atoms with E-state index in [4.69, 9.17) is 4.74 Å². The van der Waals surface area contributed by atoms with E-state index < -0.39 is 5.54 Å². The predicted octanol–water partition coefficient (Wildman–Crippen LogP) is 3.12. The molecular formula is C12H16BrNO2. The first kappa shape index (κ1) is 13.0. The number of aryl methyl sites for hydroxylation is 1. The first-order valence-electron chi connectivity index (χ1n) is 4.99. The van der Waals surface area contributed by atoms with Crippen molar-refractivity contribution in [3.8, 4) is 0 Å². The highest BCUT2D eigenvalue weighted by atomic mass is 79.9. The van der Waals surface area contributed by atoms with Crippen LogP contribution in [0.2, 0.25) is 0 Å². The number of carbonyl (C=O) groups is 1. The van der Waals surface area contributed by atoms with Gasteiger partial charge in [-0.2, -0.15) is 0 Å². The van der Waals surface area contributed by atoms with Crippen molar-refractivity contribution in [1.82, 2.24) is 0 Å². The summed E-state index contributed by atoms with van der Waals surface area (Å²) in [4.78, 5) is 11.5. The molecule has 16 heavy (non-hydrogen) atoms. The third kappa shape index (κ3) is 2.98. The summed E-state index contributed by atoms with van der Waals surface area (Å²) in [6.07, 6.45) is 0. The fourth-order valence-corrected chi connectivity index (χ4v) is 1.73. The van der Waals surface area contributed by atoms with E-state index in [1.165, 1.54) is 7.11 Å². The Kier molecular flexibility index (Phi) is 3.97. The van der Waals surface area contributed by atoms with Crippen LogP contribution in [0.5, 0.6) is 0 Å². The Morgan fingerprint density at radius 3 is 2.62 bits per heavy atom. The first-order chi connectivity index (χ1) is 7.36. The number of hydrogen-bond acceptors (Lipinski definition) is 3. The maximum atomic E-state index is 11.5. The number of rotatable bonds is 3. The Morgan fingerprint density at radius 1 is 1.44 bits per heavy atom. The lowest BCUT2D eigenvalue weighted by atomic mass is 10.0. The van der Waals surface area contributed by atoms with Gasteiger partial charge in [-0.25, -0.2) is 4.79 Å². The molecular weight excluding hydrogens is 270 g/mol. The number of benzene rings is 1. The second kappa shape index (κ2) is 4.87. The van der Waals surface area contributed by atoms with Gasteiger partial charge >= 0.3 is 5.97 Å². The Morgan fingerprint density at radius 2 is 2.06 bits per heavy atom. The van der Waals surface area contributed by atoms with Crippen LogP contribution in [0.3, 0.4) is 0 Å². The van der Waals surface area contributed by atoms with Gasteiger partial charge in [0.2, 0.25) is 0 Å². The normalized spacial score (nSPS) is 11.1. The molecule has 0 saturated carbocycles. The summed E-state index contributed by atoms with van der Waals surface area (Å²) in [7, 11) is 1.39. The van der Waals surface area contributed by atoms with Gasteiger partial charge in [-0.3, -0.25) is 0 Å². The molecule has 4 heteroatoms. The van der Waals surface area contributed by atoms with E-state index in [-0.39, 0.29) is 5.97 Å². The molecule has 0 aliphatic heterocycles. The van der Waals surface area contributed by atoms with Crippen molar-refractivity contribution in [2.24, 2.45) is 0 Å². The SMILES string of the molecule is COC(=O)C(C)(C)Nc1cc(Br)ccc1C. The average molecular weight is 286 g/mol. The molecule has 0 fully saturated rings. The monoisotopic (exact) mass is 285 g/mol. The van der Waals surface area contributed by atoms with Gasteiger partial charge in [-0.15, -0.1) is 0 Å². The van der Waals surface area contributed by atoms with Crippen LogP contribution in [-0.4, -0.2) is 18.6 Å². The Hall–Kier alpha value is -1.03. The average Bonchev–Trinajstić information content (AvgIpc) is 2.22. The van der Waals surface area contributed by atoms with E-state index in [0.717, 1.165) is 15.7 Å². The number of carbonyl (C=O) groups excluding carboxylic acids is 1. The van der Waals surface area contributed by atoms with E-state index in [1.807, 2.05) is 25.1 Å². The van der Waals surface area contributed by atoms with Crippen molar-refractivity contribution in [3.63, 3.8) is 0 Å². The lowest BCUT2D eigenvalue weighted by molar-refractivity contribution is -0.144. The van der Waals surface area contributed by atoms with Crippen LogP contribution in [0.1, 0.15) is 19.4 Å². The second-order valence-electron chi connectivity index (χ2n) is 4.20. The minimum Gasteiger partial charge on any atom is -0.467 e. The maximum absolute atomic E-state index is 11.5. The Bertz CT molecular complexity index is 402. The minimum atomic E-state index is -0.736. The summed E-state index contributed by atoms with van der Waals surface area (Å²) in [5.74, 6) is -0.285. The molecule has 0 aliphatic rings. The van der Waals surface area contributed by atoms with Gasteiger partial charge in [0, 0.05) is 10.2 Å². The molecule has 1 rings (SSSR count). The van der Waals surface area contributed by atoms with Gasteiger partial charge in [-0.1, -0.05) is 22.0 Å². The molecule has 3 nitrogen and oxygen atoms in total. The van der Waals surface area contributed by atoms with Crippen LogP contribution in [0.15, 0.2) is 22.7 Å². The smallest absolute Gasteiger partial charge is 0.330 e. The molecule has 0 aromatic heterocycles. The molecule has 1 aromatic carbocycles. The van der Waals surface area contributed by atoms with Crippen LogP contribution < -0.4 is 5.32 Å². The highest BCUT2D eigenvalue weighted by Gasteiger charge is 2.28. The maximum Gasteiger partial charge on any atom is 0.330 e. The van der Waals surface area contributed by atoms with Gasteiger partial charge in [0.15, 0.2) is 0 Å². The van der Waals surface area contributed by atoms with Crippen molar-refractivity contribution in [1.29, 1.82) is 0 Å². The van der Waals surface area contributed by atoms with E-state index in [9.17, 15) is 4.79 Å². The molecule has 0 unspecified atom stereocenters. The zero-order chi connectivity index (χ0) is 12.3.